The van der Waals surface area contributed by atoms with Gasteiger partial charge in [0, 0.05) is 25.2 Å². The van der Waals surface area contributed by atoms with E-state index in [0.717, 1.165) is 0 Å². The fourth-order valence-corrected chi connectivity index (χ4v) is 4.17. The molecule has 8 heteroatoms. The van der Waals surface area contributed by atoms with Gasteiger partial charge in [-0.3, -0.25) is 9.59 Å². The quantitative estimate of drug-likeness (QED) is 0.726. The van der Waals surface area contributed by atoms with Crippen molar-refractivity contribution in [2.45, 2.75) is 38.5 Å². The minimum atomic E-state index is -3.66. The highest BCUT2D eigenvalue weighted by atomic mass is 32.2. The Morgan fingerprint density at radius 2 is 1.84 bits per heavy atom. The molecule has 7 nitrogen and oxygen atoms in total. The minimum Gasteiger partial charge on any atom is -0.481 e. The van der Waals surface area contributed by atoms with Crippen molar-refractivity contribution in [2.24, 2.45) is 5.41 Å². The summed E-state index contributed by atoms with van der Waals surface area (Å²) in [6.45, 7) is 5.96. The zero-order valence-electron chi connectivity index (χ0n) is 14.7. The summed E-state index contributed by atoms with van der Waals surface area (Å²) in [7, 11) is -3.66. The number of nitrogens with zero attached hydrogens (tertiary/aromatic N) is 1. The highest BCUT2D eigenvalue weighted by Crippen LogP contribution is 2.45. The highest BCUT2D eigenvalue weighted by molar-refractivity contribution is 7.89. The van der Waals surface area contributed by atoms with Gasteiger partial charge < -0.3 is 10.4 Å². The zero-order chi connectivity index (χ0) is 18.8. The lowest BCUT2D eigenvalue weighted by molar-refractivity contribution is -0.143. The van der Waals surface area contributed by atoms with Crippen LogP contribution >= 0.6 is 0 Å². The van der Waals surface area contributed by atoms with Gasteiger partial charge >= 0.3 is 5.97 Å². The number of aryl methyl sites for hydroxylation is 1. The van der Waals surface area contributed by atoms with Gasteiger partial charge in [-0.1, -0.05) is 19.9 Å². The van der Waals surface area contributed by atoms with Crippen molar-refractivity contribution in [3.8, 4) is 0 Å². The highest BCUT2D eigenvalue weighted by Gasteiger charge is 2.50. The number of amides is 1. The maximum Gasteiger partial charge on any atom is 0.311 e. The molecule has 1 aromatic rings. The molecule has 1 aliphatic rings. The second-order valence-corrected chi connectivity index (χ2v) is 8.27. The van der Waals surface area contributed by atoms with Crippen LogP contribution in [-0.2, 0) is 14.8 Å². The first-order valence-electron chi connectivity index (χ1n) is 8.30. The number of rotatable bonds is 8. The van der Waals surface area contributed by atoms with Crippen molar-refractivity contribution in [3.05, 3.63) is 29.3 Å². The molecule has 0 atom stereocenters. The molecule has 1 aromatic carbocycles. The van der Waals surface area contributed by atoms with E-state index in [0.29, 0.717) is 31.5 Å². The van der Waals surface area contributed by atoms with Gasteiger partial charge in [-0.05, 0) is 37.5 Å². The topological polar surface area (TPSA) is 104 Å². The maximum atomic E-state index is 12.6. The Labute approximate surface area is 148 Å². The van der Waals surface area contributed by atoms with Gasteiger partial charge in [-0.15, -0.1) is 0 Å². The molecule has 1 aliphatic carbocycles. The second-order valence-electron chi connectivity index (χ2n) is 6.33. The summed E-state index contributed by atoms with van der Waals surface area (Å²) in [4.78, 5) is 23.7. The summed E-state index contributed by atoms with van der Waals surface area (Å²) < 4.78 is 26.5. The summed E-state index contributed by atoms with van der Waals surface area (Å²) in [6, 6.07) is 4.44. The third kappa shape index (κ3) is 3.85. The first kappa shape index (κ1) is 19.4. The van der Waals surface area contributed by atoms with Gasteiger partial charge in [0.25, 0.3) is 5.91 Å². The van der Waals surface area contributed by atoms with Crippen LogP contribution in [0.3, 0.4) is 0 Å². The smallest absolute Gasteiger partial charge is 0.311 e. The Balaban J connectivity index is 2.24. The summed E-state index contributed by atoms with van der Waals surface area (Å²) in [5, 5.41) is 11.8. The lowest BCUT2D eigenvalue weighted by Gasteiger charge is -2.19. The van der Waals surface area contributed by atoms with Gasteiger partial charge in [0.15, 0.2) is 0 Å². The number of carboxylic acid groups (broad SMARTS) is 1. The van der Waals surface area contributed by atoms with Crippen LogP contribution in [0.2, 0.25) is 0 Å². The first-order chi connectivity index (χ1) is 11.7. The molecule has 2 N–H and O–H groups in total. The number of sulfonamides is 1. The summed E-state index contributed by atoms with van der Waals surface area (Å²) in [5.41, 5.74) is 0.0136. The van der Waals surface area contributed by atoms with Crippen LogP contribution in [0.5, 0.6) is 0 Å². The maximum absolute atomic E-state index is 12.6. The van der Waals surface area contributed by atoms with Crippen LogP contribution in [0.4, 0.5) is 0 Å². The molecular weight excluding hydrogens is 344 g/mol. The van der Waals surface area contributed by atoms with E-state index in [1.54, 1.807) is 26.8 Å². The predicted octanol–water partition coefficient (Wildman–Crippen LogP) is 1.62. The van der Waals surface area contributed by atoms with E-state index < -0.39 is 27.3 Å². The largest absolute Gasteiger partial charge is 0.481 e. The lowest BCUT2D eigenvalue weighted by Crippen LogP contribution is -2.35. The van der Waals surface area contributed by atoms with Gasteiger partial charge in [0.2, 0.25) is 10.0 Å². The number of nitrogens with one attached hydrogen (secondary N) is 1. The third-order valence-electron chi connectivity index (χ3n) is 4.69. The molecule has 0 saturated heterocycles. The van der Waals surface area contributed by atoms with Crippen LogP contribution in [0.15, 0.2) is 23.1 Å². The number of carbonyl (C=O) groups excluding carboxylic acids is 1. The van der Waals surface area contributed by atoms with Crippen LogP contribution < -0.4 is 5.32 Å². The minimum absolute atomic E-state index is 0.0492. The summed E-state index contributed by atoms with van der Waals surface area (Å²) in [6.07, 6.45) is 1.08. The molecule has 138 valence electrons. The van der Waals surface area contributed by atoms with E-state index in [9.17, 15) is 23.1 Å². The molecule has 1 fully saturated rings. The van der Waals surface area contributed by atoms with Crippen molar-refractivity contribution in [1.82, 2.24) is 9.62 Å². The Morgan fingerprint density at radius 3 is 2.32 bits per heavy atom. The molecular formula is C17H24N2O5S. The third-order valence-corrected chi connectivity index (χ3v) is 6.74. The first-order valence-corrected chi connectivity index (χ1v) is 9.74. The average molecular weight is 368 g/mol. The molecule has 2 rings (SSSR count). The molecule has 0 bridgehead atoms. The molecule has 0 unspecified atom stereocenters. The Kier molecular flexibility index (Phi) is 5.53. The van der Waals surface area contributed by atoms with Crippen molar-refractivity contribution in [1.29, 1.82) is 0 Å². The fourth-order valence-electron chi connectivity index (χ4n) is 2.68. The molecule has 0 aliphatic heterocycles. The van der Waals surface area contributed by atoms with Crippen LogP contribution in [-0.4, -0.2) is 49.3 Å². The molecule has 25 heavy (non-hydrogen) atoms. The van der Waals surface area contributed by atoms with E-state index in [-0.39, 0.29) is 17.0 Å². The zero-order valence-corrected chi connectivity index (χ0v) is 15.5. The van der Waals surface area contributed by atoms with E-state index in [2.05, 4.69) is 5.32 Å². The van der Waals surface area contributed by atoms with Crippen molar-refractivity contribution < 1.29 is 23.1 Å². The van der Waals surface area contributed by atoms with Crippen LogP contribution in [0.1, 0.15) is 42.6 Å². The molecule has 0 radical (unpaired) electrons. The predicted molar refractivity (Wildman–Crippen MR) is 92.9 cm³/mol. The Bertz CT molecular complexity index is 780. The molecule has 1 amide bonds. The fraction of sp³-hybridized carbons (Fsp3) is 0.529. The Hall–Kier alpha value is -1.93. The lowest BCUT2D eigenvalue weighted by atomic mass is 10.1. The molecule has 1 saturated carbocycles. The number of carbonyl (C=O) groups is 2. The number of benzene rings is 1. The number of aliphatic carboxylic acids is 1. The molecule has 0 aromatic heterocycles. The monoisotopic (exact) mass is 368 g/mol. The SMILES string of the molecule is CCN(CC)S(=O)(=O)c1ccc(C)c(C(=O)NCC2(C(=O)O)CC2)c1. The standard InChI is InChI=1S/C17H24N2O5S/c1-4-19(5-2)25(23,24)13-7-6-12(3)14(10-13)15(20)18-11-17(8-9-17)16(21)22/h6-7,10H,4-5,8-9,11H2,1-3H3,(H,18,20)(H,21,22). The van der Waals surface area contributed by atoms with Gasteiger partial charge in [0.05, 0.1) is 10.3 Å². The van der Waals surface area contributed by atoms with Gasteiger partial charge in [-0.2, -0.15) is 4.31 Å². The average Bonchev–Trinajstić information content (AvgIpc) is 3.35. The van der Waals surface area contributed by atoms with Crippen LogP contribution in [0, 0.1) is 12.3 Å². The molecule has 0 heterocycles. The second kappa shape index (κ2) is 7.13. The van der Waals surface area contributed by atoms with Crippen molar-refractivity contribution in [2.75, 3.05) is 19.6 Å². The van der Waals surface area contributed by atoms with Gasteiger partial charge in [-0.25, -0.2) is 8.42 Å². The van der Waals surface area contributed by atoms with Crippen molar-refractivity contribution >= 4 is 21.9 Å². The normalized spacial score (nSPS) is 15.8. The van der Waals surface area contributed by atoms with Gasteiger partial charge in [0.1, 0.15) is 0 Å². The number of carboxylic acids is 1. The summed E-state index contributed by atoms with van der Waals surface area (Å²) in [5.74, 6) is -1.37. The Morgan fingerprint density at radius 1 is 1.24 bits per heavy atom. The van der Waals surface area contributed by atoms with E-state index in [4.69, 9.17) is 0 Å². The number of hydrogen-bond donors (Lipinski definition) is 2. The van der Waals surface area contributed by atoms with Crippen LogP contribution in [0.25, 0.3) is 0 Å². The molecule has 0 spiro atoms. The summed E-state index contributed by atoms with van der Waals surface area (Å²) >= 11 is 0. The van der Waals surface area contributed by atoms with E-state index in [1.807, 2.05) is 0 Å². The van der Waals surface area contributed by atoms with E-state index >= 15 is 0 Å². The number of hydrogen-bond acceptors (Lipinski definition) is 4. The van der Waals surface area contributed by atoms with E-state index in [1.165, 1.54) is 16.4 Å². The van der Waals surface area contributed by atoms with Crippen molar-refractivity contribution in [3.63, 3.8) is 0 Å².